The molecule has 0 N–H and O–H groups in total. The quantitative estimate of drug-likeness (QED) is 0.685. The van der Waals surface area contributed by atoms with Gasteiger partial charge < -0.3 is 0 Å². The molecule has 1 fully saturated rings. The average Bonchev–Trinajstić information content (AvgIpc) is 3.41. The molecule has 0 saturated heterocycles. The number of fused-ring (bicyclic) bond motifs is 1. The third kappa shape index (κ3) is 3.38. The van der Waals surface area contributed by atoms with E-state index in [1.165, 1.54) is 25.7 Å². The van der Waals surface area contributed by atoms with E-state index < -0.39 is 0 Å². The molecule has 6 nitrogen and oxygen atoms in total. The summed E-state index contributed by atoms with van der Waals surface area (Å²) in [6.45, 7) is 1.53. The number of benzene rings is 1. The van der Waals surface area contributed by atoms with Gasteiger partial charge in [-0.1, -0.05) is 36.6 Å². The lowest BCUT2D eigenvalue weighted by Crippen LogP contribution is -2.23. The summed E-state index contributed by atoms with van der Waals surface area (Å²) in [5.41, 5.74) is 1.16. The Morgan fingerprint density at radius 2 is 2.00 bits per heavy atom. The van der Waals surface area contributed by atoms with Gasteiger partial charge >= 0.3 is 0 Å². The zero-order valence-electron chi connectivity index (χ0n) is 15.3. The molecule has 1 aliphatic heterocycles. The molecule has 1 aromatic carbocycles. The second kappa shape index (κ2) is 7.08. The van der Waals surface area contributed by atoms with Crippen LogP contribution in [0.1, 0.15) is 67.0 Å². The Bertz CT molecular complexity index is 940. The molecule has 0 amide bonds. The second-order valence-electron chi connectivity index (χ2n) is 7.69. The lowest BCUT2D eigenvalue weighted by atomic mass is 9.98. The van der Waals surface area contributed by atoms with Crippen LogP contribution in [0, 0.1) is 0 Å². The van der Waals surface area contributed by atoms with Crippen LogP contribution in [-0.2, 0) is 19.5 Å². The van der Waals surface area contributed by atoms with Crippen molar-refractivity contribution >= 4 is 11.6 Å². The van der Waals surface area contributed by atoms with Crippen molar-refractivity contribution < 1.29 is 0 Å². The zero-order chi connectivity index (χ0) is 18.2. The summed E-state index contributed by atoms with van der Waals surface area (Å²) in [5, 5.41) is 10.1. The maximum Gasteiger partial charge on any atom is 0.154 e. The van der Waals surface area contributed by atoms with Crippen LogP contribution in [0.25, 0.3) is 0 Å². The standard InChI is InChI=1S/C20H23ClN6/c21-17-7-3-4-14(10-17)11-27-20(24-19(25-27)15-5-1-2-6-15)16-8-9-18-22-13-23-26(18)12-16/h3-4,7,10,13,15-16H,1-2,5-6,8-9,11-12H2. The van der Waals surface area contributed by atoms with Gasteiger partial charge in [-0.3, -0.25) is 0 Å². The van der Waals surface area contributed by atoms with Crippen molar-refractivity contribution in [2.24, 2.45) is 0 Å². The van der Waals surface area contributed by atoms with Crippen LogP contribution in [0.3, 0.4) is 0 Å². The molecule has 0 radical (unpaired) electrons. The summed E-state index contributed by atoms with van der Waals surface area (Å²) in [6, 6.07) is 8.01. The number of halogens is 1. The number of hydrogen-bond donors (Lipinski definition) is 0. The minimum absolute atomic E-state index is 0.320. The molecular weight excluding hydrogens is 360 g/mol. The monoisotopic (exact) mass is 382 g/mol. The fraction of sp³-hybridized carbons (Fsp3) is 0.500. The van der Waals surface area contributed by atoms with E-state index in [0.29, 0.717) is 18.4 Å². The van der Waals surface area contributed by atoms with Gasteiger partial charge in [0.1, 0.15) is 18.0 Å². The molecule has 27 heavy (non-hydrogen) atoms. The van der Waals surface area contributed by atoms with Crippen LogP contribution in [0.4, 0.5) is 0 Å². The first-order valence-corrected chi connectivity index (χ1v) is 10.2. The van der Waals surface area contributed by atoms with E-state index >= 15 is 0 Å². The minimum Gasteiger partial charge on any atom is -0.249 e. The lowest BCUT2D eigenvalue weighted by Gasteiger charge is -2.22. The van der Waals surface area contributed by atoms with Gasteiger partial charge in [-0.2, -0.15) is 10.2 Å². The Hall–Kier alpha value is -2.21. The van der Waals surface area contributed by atoms with Crippen molar-refractivity contribution in [3.63, 3.8) is 0 Å². The van der Waals surface area contributed by atoms with E-state index in [0.717, 1.165) is 47.4 Å². The predicted octanol–water partition coefficient (Wildman–Crippen LogP) is 3.96. The molecule has 2 aromatic heterocycles. The molecule has 2 aliphatic rings. The molecule has 5 rings (SSSR count). The molecule has 0 spiro atoms. The third-order valence-electron chi connectivity index (χ3n) is 5.83. The summed E-state index contributed by atoms with van der Waals surface area (Å²) >= 11 is 6.19. The Labute approximate surface area is 163 Å². The van der Waals surface area contributed by atoms with Crippen LogP contribution in [0.2, 0.25) is 5.02 Å². The fourth-order valence-electron chi connectivity index (χ4n) is 4.40. The van der Waals surface area contributed by atoms with E-state index in [-0.39, 0.29) is 0 Å². The van der Waals surface area contributed by atoms with E-state index in [4.69, 9.17) is 21.7 Å². The number of hydrogen-bond acceptors (Lipinski definition) is 4. The molecule has 3 aromatic rings. The SMILES string of the molecule is Clc1cccc(Cn2nc(C3CCCC3)nc2C2CCc3ncnn3C2)c1. The minimum atomic E-state index is 0.320. The molecule has 1 aliphatic carbocycles. The molecule has 1 saturated carbocycles. The highest BCUT2D eigenvalue weighted by Crippen LogP contribution is 2.34. The molecular formula is C20H23ClN6. The second-order valence-corrected chi connectivity index (χ2v) is 8.13. The highest BCUT2D eigenvalue weighted by Gasteiger charge is 2.29. The van der Waals surface area contributed by atoms with Gasteiger partial charge in [0.15, 0.2) is 5.82 Å². The van der Waals surface area contributed by atoms with Gasteiger partial charge in [0.25, 0.3) is 0 Å². The Morgan fingerprint density at radius 3 is 2.85 bits per heavy atom. The number of nitrogens with zero attached hydrogens (tertiary/aromatic N) is 6. The molecule has 140 valence electrons. The summed E-state index contributed by atoms with van der Waals surface area (Å²) in [4.78, 5) is 9.40. The maximum atomic E-state index is 6.19. The topological polar surface area (TPSA) is 61.4 Å². The summed E-state index contributed by atoms with van der Waals surface area (Å²) < 4.78 is 4.12. The largest absolute Gasteiger partial charge is 0.249 e. The Balaban J connectivity index is 1.48. The van der Waals surface area contributed by atoms with Gasteiger partial charge in [-0.15, -0.1) is 0 Å². The normalized spacial score (nSPS) is 20.1. The van der Waals surface area contributed by atoms with Gasteiger partial charge in [-0.25, -0.2) is 19.3 Å². The zero-order valence-corrected chi connectivity index (χ0v) is 16.0. The van der Waals surface area contributed by atoms with Crippen molar-refractivity contribution in [1.82, 2.24) is 29.5 Å². The van der Waals surface area contributed by atoms with Crippen LogP contribution in [-0.4, -0.2) is 29.5 Å². The van der Waals surface area contributed by atoms with Gasteiger partial charge in [0.05, 0.1) is 13.1 Å². The van der Waals surface area contributed by atoms with Gasteiger partial charge in [0, 0.05) is 23.3 Å². The first kappa shape index (κ1) is 16.9. The van der Waals surface area contributed by atoms with E-state index in [2.05, 4.69) is 20.8 Å². The first-order chi connectivity index (χ1) is 13.3. The summed E-state index contributed by atoms with van der Waals surface area (Å²) in [6.07, 6.45) is 8.61. The highest BCUT2D eigenvalue weighted by atomic mass is 35.5. The Kier molecular flexibility index (Phi) is 4.44. The van der Waals surface area contributed by atoms with Crippen molar-refractivity contribution in [2.45, 2.75) is 63.5 Å². The molecule has 7 heteroatoms. The number of aryl methyl sites for hydroxylation is 1. The highest BCUT2D eigenvalue weighted by molar-refractivity contribution is 6.30. The third-order valence-corrected chi connectivity index (χ3v) is 6.06. The van der Waals surface area contributed by atoms with Crippen LogP contribution < -0.4 is 0 Å². The summed E-state index contributed by atoms with van der Waals surface area (Å²) in [7, 11) is 0. The Morgan fingerprint density at radius 1 is 1.11 bits per heavy atom. The van der Waals surface area contributed by atoms with Crippen LogP contribution in [0.15, 0.2) is 30.6 Å². The van der Waals surface area contributed by atoms with Crippen molar-refractivity contribution in [2.75, 3.05) is 0 Å². The predicted molar refractivity (Wildman–Crippen MR) is 103 cm³/mol. The smallest absolute Gasteiger partial charge is 0.154 e. The maximum absolute atomic E-state index is 6.19. The summed E-state index contributed by atoms with van der Waals surface area (Å²) in [5.74, 6) is 4.01. The molecule has 0 bridgehead atoms. The number of aromatic nitrogens is 6. The molecule has 1 atom stereocenters. The fourth-order valence-corrected chi connectivity index (χ4v) is 4.62. The van der Waals surface area contributed by atoms with Crippen LogP contribution >= 0.6 is 11.6 Å². The average molecular weight is 383 g/mol. The van der Waals surface area contributed by atoms with E-state index in [9.17, 15) is 0 Å². The van der Waals surface area contributed by atoms with Crippen molar-refractivity contribution in [3.8, 4) is 0 Å². The van der Waals surface area contributed by atoms with Crippen LogP contribution in [0.5, 0.6) is 0 Å². The molecule has 1 unspecified atom stereocenters. The molecule has 3 heterocycles. The first-order valence-electron chi connectivity index (χ1n) is 9.82. The van der Waals surface area contributed by atoms with E-state index in [1.54, 1.807) is 6.33 Å². The van der Waals surface area contributed by atoms with E-state index in [1.807, 2.05) is 22.9 Å². The van der Waals surface area contributed by atoms with Crippen molar-refractivity contribution in [3.05, 3.63) is 58.7 Å². The lowest BCUT2D eigenvalue weighted by molar-refractivity contribution is 0.395. The van der Waals surface area contributed by atoms with Crippen molar-refractivity contribution in [1.29, 1.82) is 0 Å². The number of rotatable bonds is 4. The van der Waals surface area contributed by atoms with Gasteiger partial charge in [-0.05, 0) is 37.0 Å². The van der Waals surface area contributed by atoms with Gasteiger partial charge in [0.2, 0.25) is 0 Å².